The summed E-state index contributed by atoms with van der Waals surface area (Å²) in [5.41, 5.74) is 7.17. The molecule has 1 atom stereocenters. The summed E-state index contributed by atoms with van der Waals surface area (Å²) in [4.78, 5) is 5.59. The quantitative estimate of drug-likeness (QED) is 0.938. The first-order valence-electron chi connectivity index (χ1n) is 5.56. The smallest absolute Gasteiger partial charge is 0.0896 e. The third kappa shape index (κ3) is 3.15. The van der Waals surface area contributed by atoms with Crippen molar-refractivity contribution in [2.24, 2.45) is 5.73 Å². The summed E-state index contributed by atoms with van der Waals surface area (Å²) in [6, 6.07) is 8.28. The van der Waals surface area contributed by atoms with Crippen molar-refractivity contribution >= 4 is 27.3 Å². The molecule has 0 saturated heterocycles. The van der Waals surface area contributed by atoms with Crippen LogP contribution in [0.5, 0.6) is 0 Å². The molecule has 1 aromatic heterocycles. The predicted octanol–water partition coefficient (Wildman–Crippen LogP) is 3.50. The van der Waals surface area contributed by atoms with Gasteiger partial charge in [-0.1, -0.05) is 34.1 Å². The summed E-state index contributed by atoms with van der Waals surface area (Å²) >= 11 is 5.34. The van der Waals surface area contributed by atoms with Gasteiger partial charge in [0.1, 0.15) is 0 Å². The Morgan fingerprint density at radius 3 is 2.76 bits per heavy atom. The van der Waals surface area contributed by atoms with Crippen LogP contribution in [0.25, 0.3) is 0 Å². The highest BCUT2D eigenvalue weighted by Crippen LogP contribution is 2.28. The van der Waals surface area contributed by atoms with Gasteiger partial charge in [0.05, 0.1) is 5.01 Å². The molecule has 2 rings (SSSR count). The molecule has 17 heavy (non-hydrogen) atoms. The summed E-state index contributed by atoms with van der Waals surface area (Å²) in [7, 11) is 0. The second-order valence-electron chi connectivity index (χ2n) is 4.00. The minimum Gasteiger partial charge on any atom is -0.330 e. The molecule has 0 bridgehead atoms. The van der Waals surface area contributed by atoms with Crippen LogP contribution in [-0.2, 0) is 6.42 Å². The van der Waals surface area contributed by atoms with Crippen LogP contribution in [-0.4, -0.2) is 11.5 Å². The molecule has 1 unspecified atom stereocenters. The van der Waals surface area contributed by atoms with Crippen LogP contribution in [0.1, 0.15) is 21.4 Å². The van der Waals surface area contributed by atoms with Gasteiger partial charge in [-0.2, -0.15) is 0 Å². The largest absolute Gasteiger partial charge is 0.330 e. The second-order valence-corrected chi connectivity index (χ2v) is 6.18. The normalized spacial score (nSPS) is 12.6. The molecule has 0 radical (unpaired) electrons. The number of nitrogens with two attached hydrogens (primary N) is 1. The van der Waals surface area contributed by atoms with Gasteiger partial charge in [0.25, 0.3) is 0 Å². The van der Waals surface area contributed by atoms with Gasteiger partial charge in [0, 0.05) is 21.5 Å². The lowest BCUT2D eigenvalue weighted by Crippen LogP contribution is -2.15. The maximum Gasteiger partial charge on any atom is 0.0896 e. The molecule has 4 heteroatoms. The Morgan fingerprint density at radius 1 is 1.41 bits per heavy atom. The zero-order valence-electron chi connectivity index (χ0n) is 9.69. The molecule has 0 amide bonds. The van der Waals surface area contributed by atoms with Crippen molar-refractivity contribution in [2.45, 2.75) is 19.3 Å². The van der Waals surface area contributed by atoms with Gasteiger partial charge < -0.3 is 5.73 Å². The zero-order chi connectivity index (χ0) is 12.3. The molecule has 0 saturated carbocycles. The van der Waals surface area contributed by atoms with Crippen molar-refractivity contribution in [3.05, 3.63) is 50.4 Å². The Bertz CT molecular complexity index is 496. The van der Waals surface area contributed by atoms with E-state index in [0.29, 0.717) is 12.5 Å². The maximum absolute atomic E-state index is 5.89. The lowest BCUT2D eigenvalue weighted by atomic mass is 9.95. The number of hydrogen-bond donors (Lipinski definition) is 1. The minimum absolute atomic E-state index is 0.352. The lowest BCUT2D eigenvalue weighted by molar-refractivity contribution is 0.697. The van der Waals surface area contributed by atoms with E-state index in [0.717, 1.165) is 15.9 Å². The van der Waals surface area contributed by atoms with Crippen molar-refractivity contribution in [1.29, 1.82) is 0 Å². The number of halogens is 1. The molecular weight excluding hydrogens is 296 g/mol. The molecule has 0 aliphatic rings. The van der Waals surface area contributed by atoms with Crippen molar-refractivity contribution in [3.8, 4) is 0 Å². The topological polar surface area (TPSA) is 38.9 Å². The van der Waals surface area contributed by atoms with E-state index in [9.17, 15) is 0 Å². The Hall–Kier alpha value is -0.710. The number of aryl methyl sites for hydroxylation is 1. The van der Waals surface area contributed by atoms with E-state index < -0.39 is 0 Å². The second kappa shape index (κ2) is 5.76. The van der Waals surface area contributed by atoms with Crippen molar-refractivity contribution in [3.63, 3.8) is 0 Å². The van der Waals surface area contributed by atoms with Gasteiger partial charge >= 0.3 is 0 Å². The number of benzene rings is 1. The van der Waals surface area contributed by atoms with Crippen LogP contribution >= 0.6 is 27.3 Å². The number of hydrogen-bond acceptors (Lipinski definition) is 3. The molecule has 2 nitrogen and oxygen atoms in total. The van der Waals surface area contributed by atoms with Crippen LogP contribution in [0, 0.1) is 6.92 Å². The van der Waals surface area contributed by atoms with Gasteiger partial charge in [0.15, 0.2) is 0 Å². The van der Waals surface area contributed by atoms with Gasteiger partial charge in [-0.05, 0) is 31.5 Å². The van der Waals surface area contributed by atoms with Crippen LogP contribution in [0.3, 0.4) is 0 Å². The Balaban J connectivity index is 2.20. The van der Waals surface area contributed by atoms with Crippen molar-refractivity contribution in [2.75, 3.05) is 6.54 Å². The standard InChI is InChI=1S/C13H15BrN2S/c1-9-16-8-11(17-9)6-10(7-15)12-4-2-3-5-13(12)14/h2-5,8,10H,6-7,15H2,1H3. The molecule has 0 fully saturated rings. The molecule has 0 spiro atoms. The molecule has 2 aromatic rings. The number of nitrogens with zero attached hydrogens (tertiary/aromatic N) is 1. The molecule has 0 aliphatic heterocycles. The van der Waals surface area contributed by atoms with Gasteiger partial charge in [-0.15, -0.1) is 11.3 Å². The summed E-state index contributed by atoms with van der Waals surface area (Å²) in [5, 5.41) is 1.11. The van der Waals surface area contributed by atoms with Crippen LogP contribution in [0.15, 0.2) is 34.9 Å². The monoisotopic (exact) mass is 310 g/mol. The highest BCUT2D eigenvalue weighted by Gasteiger charge is 2.14. The maximum atomic E-state index is 5.89. The summed E-state index contributed by atoms with van der Waals surface area (Å²) in [5.74, 6) is 0.352. The number of thiazole rings is 1. The van der Waals surface area contributed by atoms with E-state index >= 15 is 0 Å². The van der Waals surface area contributed by atoms with E-state index in [1.807, 2.05) is 19.2 Å². The van der Waals surface area contributed by atoms with E-state index in [2.05, 4.69) is 39.1 Å². The molecule has 2 N–H and O–H groups in total. The fourth-order valence-electron chi connectivity index (χ4n) is 1.87. The molecule has 1 heterocycles. The minimum atomic E-state index is 0.352. The highest BCUT2D eigenvalue weighted by atomic mass is 79.9. The first-order valence-corrected chi connectivity index (χ1v) is 7.17. The Labute approximate surface area is 114 Å². The molecule has 0 aliphatic carbocycles. The fraction of sp³-hybridized carbons (Fsp3) is 0.308. The van der Waals surface area contributed by atoms with Crippen LogP contribution in [0.2, 0.25) is 0 Å². The van der Waals surface area contributed by atoms with Gasteiger partial charge in [-0.3, -0.25) is 0 Å². The Morgan fingerprint density at radius 2 is 2.18 bits per heavy atom. The van der Waals surface area contributed by atoms with E-state index in [1.54, 1.807) is 11.3 Å². The average Bonchev–Trinajstić information content (AvgIpc) is 2.73. The molecule has 90 valence electrons. The molecular formula is C13H15BrN2S. The van der Waals surface area contributed by atoms with Crippen molar-refractivity contribution in [1.82, 2.24) is 4.98 Å². The zero-order valence-corrected chi connectivity index (χ0v) is 12.1. The first-order chi connectivity index (χ1) is 8.20. The summed E-state index contributed by atoms with van der Waals surface area (Å²) in [6.07, 6.45) is 2.92. The summed E-state index contributed by atoms with van der Waals surface area (Å²) < 4.78 is 1.14. The third-order valence-electron chi connectivity index (χ3n) is 2.75. The SMILES string of the molecule is Cc1ncc(CC(CN)c2ccccc2Br)s1. The number of rotatable bonds is 4. The summed E-state index contributed by atoms with van der Waals surface area (Å²) in [6.45, 7) is 2.68. The van der Waals surface area contributed by atoms with Crippen molar-refractivity contribution < 1.29 is 0 Å². The third-order valence-corrected chi connectivity index (χ3v) is 4.40. The van der Waals surface area contributed by atoms with E-state index in [-0.39, 0.29) is 0 Å². The number of aromatic nitrogens is 1. The first kappa shape index (κ1) is 12.7. The average molecular weight is 311 g/mol. The Kier molecular flexibility index (Phi) is 4.31. The van der Waals surface area contributed by atoms with Crippen LogP contribution in [0.4, 0.5) is 0 Å². The highest BCUT2D eigenvalue weighted by molar-refractivity contribution is 9.10. The van der Waals surface area contributed by atoms with E-state index in [4.69, 9.17) is 5.73 Å². The molecule has 1 aromatic carbocycles. The predicted molar refractivity (Wildman–Crippen MR) is 76.5 cm³/mol. The fourth-order valence-corrected chi connectivity index (χ4v) is 3.35. The van der Waals surface area contributed by atoms with Crippen LogP contribution < -0.4 is 5.73 Å². The van der Waals surface area contributed by atoms with Gasteiger partial charge in [-0.25, -0.2) is 4.98 Å². The van der Waals surface area contributed by atoms with Gasteiger partial charge in [0.2, 0.25) is 0 Å². The van der Waals surface area contributed by atoms with E-state index in [1.165, 1.54) is 10.4 Å². The lowest BCUT2D eigenvalue weighted by Gasteiger charge is -2.15.